The fourth-order valence-electron chi connectivity index (χ4n) is 2.59. The Hall–Kier alpha value is -3.46. The second-order valence-corrected chi connectivity index (χ2v) is 8.07. The maximum absolute atomic E-state index is 11.8. The van der Waals surface area contributed by atoms with Crippen molar-refractivity contribution in [2.24, 2.45) is 0 Å². The highest BCUT2D eigenvalue weighted by molar-refractivity contribution is 6.30. The van der Waals surface area contributed by atoms with Gasteiger partial charge in [-0.3, -0.25) is 24.1 Å². The summed E-state index contributed by atoms with van der Waals surface area (Å²) in [4.78, 5) is 41.1. The lowest BCUT2D eigenvalue weighted by atomic mass is 10.1. The molecule has 0 aliphatic heterocycles. The molecule has 2 amide bonds. The Morgan fingerprint density at radius 3 is 2.08 bits per heavy atom. The molecule has 2 rings (SSSR count). The molecular formula is C28H38ClN2O6+. The van der Waals surface area contributed by atoms with Crippen LogP contribution in [0.5, 0.6) is 5.75 Å². The molecule has 9 heteroatoms. The number of benzene rings is 1. The number of nitrogens with zero attached hydrogens (tertiary/aromatic N) is 2. The molecule has 1 aliphatic carbocycles. The van der Waals surface area contributed by atoms with E-state index in [2.05, 4.69) is 11.4 Å². The van der Waals surface area contributed by atoms with Crippen LogP contribution in [0.15, 0.2) is 78.9 Å². The van der Waals surface area contributed by atoms with Gasteiger partial charge >= 0.3 is 5.78 Å². The molecule has 1 aromatic carbocycles. The SMILES string of the molecule is C=CC=C1C=CC=CC1=[OH+].CC=Cc1ccccc1OC(C)C(=O)N(C)OC.CON(C)C(=O)C(C)Cl. The van der Waals surface area contributed by atoms with Gasteiger partial charge in [-0.1, -0.05) is 55.2 Å². The van der Waals surface area contributed by atoms with Gasteiger partial charge < -0.3 is 4.74 Å². The first-order valence-corrected chi connectivity index (χ1v) is 11.9. The van der Waals surface area contributed by atoms with Crippen molar-refractivity contribution < 1.29 is 28.8 Å². The minimum Gasteiger partial charge on any atom is -0.480 e. The van der Waals surface area contributed by atoms with Gasteiger partial charge in [0.1, 0.15) is 11.1 Å². The van der Waals surface area contributed by atoms with Gasteiger partial charge in [0, 0.05) is 25.7 Å². The average molecular weight is 534 g/mol. The van der Waals surface area contributed by atoms with Gasteiger partial charge in [0.05, 0.1) is 19.8 Å². The van der Waals surface area contributed by atoms with Crippen LogP contribution in [0.4, 0.5) is 0 Å². The predicted molar refractivity (Wildman–Crippen MR) is 150 cm³/mol. The van der Waals surface area contributed by atoms with Crippen LogP contribution in [0.25, 0.3) is 6.08 Å². The number of para-hydroxylation sites is 1. The van der Waals surface area contributed by atoms with E-state index in [1.165, 1.54) is 21.3 Å². The van der Waals surface area contributed by atoms with Crippen LogP contribution in [0.3, 0.4) is 0 Å². The minimum absolute atomic E-state index is 0.229. The average Bonchev–Trinajstić information content (AvgIpc) is 2.90. The summed E-state index contributed by atoms with van der Waals surface area (Å²) >= 11 is 5.43. The number of likely N-dealkylation sites (N-methyl/N-ethyl adjacent to an activating group) is 1. The number of rotatable bonds is 8. The second kappa shape index (κ2) is 18.8. The molecule has 0 saturated heterocycles. The quantitative estimate of drug-likeness (QED) is 0.205. The van der Waals surface area contributed by atoms with Crippen LogP contribution < -0.4 is 4.74 Å². The summed E-state index contributed by atoms with van der Waals surface area (Å²) < 4.78 is 5.66. The Morgan fingerprint density at radius 2 is 1.59 bits per heavy atom. The van der Waals surface area contributed by atoms with Crippen molar-refractivity contribution in [1.29, 1.82) is 0 Å². The summed E-state index contributed by atoms with van der Waals surface area (Å²) in [7, 11) is 5.93. The molecule has 1 N–H and O–H groups in total. The number of carbonyl (C=O) groups is 2. The van der Waals surface area contributed by atoms with Crippen LogP contribution in [0, 0.1) is 0 Å². The van der Waals surface area contributed by atoms with Gasteiger partial charge in [-0.15, -0.1) is 11.6 Å². The molecule has 8 nitrogen and oxygen atoms in total. The molecule has 0 fully saturated rings. The number of hydrogen-bond donors (Lipinski definition) is 0. The molecule has 0 bridgehead atoms. The highest BCUT2D eigenvalue weighted by Gasteiger charge is 2.20. The van der Waals surface area contributed by atoms with E-state index in [9.17, 15) is 9.59 Å². The number of carbonyl (C=O) groups excluding carboxylic acids is 3. The Balaban J connectivity index is 0.000000577. The smallest absolute Gasteiger partial charge is 0.347 e. The first kappa shape index (κ1) is 33.5. The van der Waals surface area contributed by atoms with E-state index in [4.69, 9.17) is 26.0 Å². The van der Waals surface area contributed by atoms with E-state index in [0.29, 0.717) is 11.5 Å². The first-order chi connectivity index (χ1) is 17.5. The summed E-state index contributed by atoms with van der Waals surface area (Å²) in [6, 6.07) is 7.58. The zero-order valence-corrected chi connectivity index (χ0v) is 23.3. The van der Waals surface area contributed by atoms with Crippen LogP contribution in [0.1, 0.15) is 26.3 Å². The second-order valence-electron chi connectivity index (χ2n) is 7.41. The van der Waals surface area contributed by atoms with E-state index in [-0.39, 0.29) is 11.8 Å². The third kappa shape index (κ3) is 12.9. The Kier molecular flexibility index (Phi) is 17.0. The topological polar surface area (TPSA) is 89.7 Å². The van der Waals surface area contributed by atoms with E-state index < -0.39 is 11.5 Å². The molecule has 202 valence electrons. The van der Waals surface area contributed by atoms with Crippen molar-refractivity contribution in [3.05, 3.63) is 84.5 Å². The molecule has 1 aromatic rings. The Bertz CT molecular complexity index is 1010. The lowest BCUT2D eigenvalue weighted by Crippen LogP contribution is -2.37. The normalized spacial score (nSPS) is 14.6. The highest BCUT2D eigenvalue weighted by Crippen LogP contribution is 2.21. The van der Waals surface area contributed by atoms with E-state index in [1.54, 1.807) is 45.2 Å². The summed E-state index contributed by atoms with van der Waals surface area (Å²) in [6.45, 7) is 8.76. The number of alkyl halides is 1. The zero-order chi connectivity index (χ0) is 28.4. The number of allylic oxidation sites excluding steroid dienone is 8. The van der Waals surface area contributed by atoms with Gasteiger partial charge in [-0.2, -0.15) is 0 Å². The largest absolute Gasteiger partial charge is 0.480 e. The van der Waals surface area contributed by atoms with Crippen LogP contribution in [0.2, 0.25) is 0 Å². The van der Waals surface area contributed by atoms with Crippen LogP contribution in [-0.4, -0.2) is 72.3 Å². The van der Waals surface area contributed by atoms with Crippen molar-refractivity contribution >= 4 is 35.3 Å². The zero-order valence-electron chi connectivity index (χ0n) is 22.6. The van der Waals surface area contributed by atoms with Crippen molar-refractivity contribution in [2.45, 2.75) is 32.3 Å². The molecule has 0 aromatic heterocycles. The molecule has 0 saturated carbocycles. The van der Waals surface area contributed by atoms with Gasteiger partial charge in [0.15, 0.2) is 6.10 Å². The highest BCUT2D eigenvalue weighted by atomic mass is 35.5. The van der Waals surface area contributed by atoms with Gasteiger partial charge in [0.25, 0.3) is 11.8 Å². The van der Waals surface area contributed by atoms with Crippen molar-refractivity contribution in [2.75, 3.05) is 28.3 Å². The molecule has 2 atom stereocenters. The molecule has 37 heavy (non-hydrogen) atoms. The summed E-state index contributed by atoms with van der Waals surface area (Å²) in [5.41, 5.74) is 1.75. The Labute approximate surface area is 225 Å². The molecular weight excluding hydrogens is 496 g/mol. The lowest BCUT2D eigenvalue weighted by Gasteiger charge is -2.20. The molecule has 2 unspecified atom stereocenters. The van der Waals surface area contributed by atoms with E-state index in [1.807, 2.05) is 55.5 Å². The molecule has 0 spiro atoms. The van der Waals surface area contributed by atoms with Gasteiger partial charge in [-0.25, -0.2) is 10.1 Å². The number of halogens is 1. The van der Waals surface area contributed by atoms with Gasteiger partial charge in [-0.05, 0) is 39.0 Å². The molecule has 0 radical (unpaired) electrons. The third-order valence-corrected chi connectivity index (χ3v) is 4.85. The maximum atomic E-state index is 11.8. The third-order valence-electron chi connectivity index (χ3n) is 4.66. The Morgan fingerprint density at radius 1 is 1.03 bits per heavy atom. The maximum Gasteiger partial charge on any atom is 0.347 e. The van der Waals surface area contributed by atoms with Crippen molar-refractivity contribution in [1.82, 2.24) is 10.1 Å². The van der Waals surface area contributed by atoms with Crippen molar-refractivity contribution in [3.63, 3.8) is 0 Å². The summed E-state index contributed by atoms with van der Waals surface area (Å²) in [5.74, 6) is 0.510. The number of hydroxylamine groups is 4. The van der Waals surface area contributed by atoms with Crippen LogP contribution >= 0.6 is 11.6 Å². The number of ketones is 1. The first-order valence-electron chi connectivity index (χ1n) is 11.4. The fourth-order valence-corrected chi connectivity index (χ4v) is 2.73. The minimum atomic E-state index is -0.596. The predicted octanol–water partition coefficient (Wildman–Crippen LogP) is 4.91. The standard InChI is InChI=1S/C14H19NO3.C9H8O.C5H10ClNO2/c1-5-8-12-9-6-7-10-13(12)18-11(2)14(16)15(3)17-4;1-2-5-8-6-3-4-7-9(8)10;1-4(6)5(8)7(2)9-3/h5-11H,1-4H3;2-7H,1H2;4H,1-3H3/p+1. The molecule has 0 heterocycles. The molecule has 1 aliphatic rings. The number of hydrogen-bond acceptors (Lipinski definition) is 5. The van der Waals surface area contributed by atoms with Crippen LogP contribution in [-0.2, 0) is 19.3 Å². The number of amides is 2. The lowest BCUT2D eigenvalue weighted by molar-refractivity contribution is -0.175. The van der Waals surface area contributed by atoms with Crippen molar-refractivity contribution in [3.8, 4) is 5.75 Å². The monoisotopic (exact) mass is 533 g/mol. The van der Waals surface area contributed by atoms with E-state index in [0.717, 1.165) is 21.3 Å². The van der Waals surface area contributed by atoms with Gasteiger partial charge in [0.2, 0.25) is 0 Å². The number of ether oxygens (including phenoxy) is 1. The van der Waals surface area contributed by atoms with E-state index >= 15 is 0 Å². The fraction of sp³-hybridized carbons (Fsp3) is 0.321. The summed E-state index contributed by atoms with van der Waals surface area (Å²) in [5, 5.41) is 1.73. The summed E-state index contributed by atoms with van der Waals surface area (Å²) in [6.07, 6.45) is 13.8.